The van der Waals surface area contributed by atoms with E-state index in [0.717, 1.165) is 0 Å². The van der Waals surface area contributed by atoms with E-state index in [0.29, 0.717) is 16.9 Å². The molecule has 124 valence electrons. The summed E-state index contributed by atoms with van der Waals surface area (Å²) in [6, 6.07) is 15.5. The third-order valence-electron chi connectivity index (χ3n) is 3.07. The van der Waals surface area contributed by atoms with Crippen LogP contribution in [0.1, 0.15) is 22.8 Å². The molecule has 0 atom stereocenters. The zero-order valence-electron chi connectivity index (χ0n) is 13.2. The molecule has 0 aliphatic rings. The number of hydrogen-bond donors (Lipinski definition) is 1. The highest BCUT2D eigenvalue weighted by molar-refractivity contribution is 6.08. The Balaban J connectivity index is 1.85. The van der Waals surface area contributed by atoms with Crippen molar-refractivity contribution in [2.75, 3.05) is 13.3 Å². The molecule has 0 saturated heterocycles. The van der Waals surface area contributed by atoms with E-state index in [4.69, 9.17) is 4.74 Å². The van der Waals surface area contributed by atoms with Crippen LogP contribution in [0.2, 0.25) is 0 Å². The van der Waals surface area contributed by atoms with Crippen molar-refractivity contribution in [2.45, 2.75) is 6.92 Å². The van der Waals surface area contributed by atoms with Crippen LogP contribution in [0.15, 0.2) is 54.6 Å². The molecular weight excluding hydrogens is 310 g/mol. The van der Waals surface area contributed by atoms with Crippen molar-refractivity contribution in [2.24, 2.45) is 0 Å². The maximum atomic E-state index is 12.3. The van der Waals surface area contributed by atoms with Crippen molar-refractivity contribution in [3.8, 4) is 5.75 Å². The van der Waals surface area contributed by atoms with Gasteiger partial charge < -0.3 is 14.8 Å². The molecular formula is C18H17NO5. The Morgan fingerprint density at radius 2 is 1.54 bits per heavy atom. The molecule has 0 aliphatic carbocycles. The Labute approximate surface area is 139 Å². The fourth-order valence-electron chi connectivity index (χ4n) is 1.88. The average molecular weight is 327 g/mol. The number of hydrogen-bond acceptors (Lipinski definition) is 5. The van der Waals surface area contributed by atoms with Crippen molar-refractivity contribution >= 4 is 17.7 Å². The number of amides is 1. The van der Waals surface area contributed by atoms with E-state index >= 15 is 0 Å². The largest absolute Gasteiger partial charge is 0.484 e. The smallest absolute Gasteiger partial charge is 0.304 e. The topological polar surface area (TPSA) is 81.7 Å². The lowest BCUT2D eigenvalue weighted by atomic mass is 10.0. The summed E-state index contributed by atoms with van der Waals surface area (Å²) in [5.41, 5.74) is 1.14. The molecule has 1 amide bonds. The second-order valence-electron chi connectivity index (χ2n) is 4.89. The maximum absolute atomic E-state index is 12.3. The van der Waals surface area contributed by atoms with E-state index in [1.165, 1.54) is 6.92 Å². The minimum atomic E-state index is -0.477. The van der Waals surface area contributed by atoms with E-state index in [1.54, 1.807) is 48.5 Å². The van der Waals surface area contributed by atoms with Crippen molar-refractivity contribution < 1.29 is 23.9 Å². The van der Waals surface area contributed by atoms with Crippen LogP contribution in [0.25, 0.3) is 0 Å². The minimum Gasteiger partial charge on any atom is -0.484 e. The lowest BCUT2D eigenvalue weighted by molar-refractivity contribution is -0.143. The molecule has 2 aromatic carbocycles. The maximum Gasteiger partial charge on any atom is 0.304 e. The number of esters is 1. The molecule has 0 heterocycles. The van der Waals surface area contributed by atoms with Gasteiger partial charge in [-0.15, -0.1) is 0 Å². The molecule has 0 radical (unpaired) electrons. The van der Waals surface area contributed by atoms with Gasteiger partial charge in [0, 0.05) is 18.1 Å². The van der Waals surface area contributed by atoms with Gasteiger partial charge >= 0.3 is 5.97 Å². The van der Waals surface area contributed by atoms with Gasteiger partial charge in [-0.05, 0) is 24.3 Å². The number of ether oxygens (including phenoxy) is 2. The third kappa shape index (κ3) is 5.24. The molecule has 0 bridgehead atoms. The first-order valence-electron chi connectivity index (χ1n) is 7.29. The van der Waals surface area contributed by atoms with Gasteiger partial charge in [-0.3, -0.25) is 14.4 Å². The Kier molecular flexibility index (Phi) is 6.08. The van der Waals surface area contributed by atoms with E-state index in [9.17, 15) is 14.4 Å². The predicted molar refractivity (Wildman–Crippen MR) is 86.6 cm³/mol. The number of rotatable bonds is 7. The van der Waals surface area contributed by atoms with Crippen molar-refractivity contribution in [3.63, 3.8) is 0 Å². The number of carbonyl (C=O) groups excluding carboxylic acids is 3. The highest BCUT2D eigenvalue weighted by atomic mass is 16.5. The van der Waals surface area contributed by atoms with Crippen LogP contribution in [-0.4, -0.2) is 31.0 Å². The summed E-state index contributed by atoms with van der Waals surface area (Å²) in [6.07, 6.45) is 0. The molecule has 6 nitrogen and oxygen atoms in total. The van der Waals surface area contributed by atoms with Gasteiger partial charge in [0.1, 0.15) is 5.75 Å². The summed E-state index contributed by atoms with van der Waals surface area (Å²) in [7, 11) is 0. The van der Waals surface area contributed by atoms with E-state index in [-0.39, 0.29) is 19.1 Å². The van der Waals surface area contributed by atoms with E-state index in [2.05, 4.69) is 10.1 Å². The normalized spacial score (nSPS) is 9.88. The lowest BCUT2D eigenvalue weighted by Gasteiger charge is -2.08. The van der Waals surface area contributed by atoms with Crippen LogP contribution in [0.4, 0.5) is 0 Å². The number of nitrogens with one attached hydrogen (secondary N) is 1. The van der Waals surface area contributed by atoms with Crippen LogP contribution in [0, 0.1) is 0 Å². The van der Waals surface area contributed by atoms with Gasteiger partial charge in [0.15, 0.2) is 19.1 Å². The van der Waals surface area contributed by atoms with Gasteiger partial charge in [-0.2, -0.15) is 0 Å². The van der Waals surface area contributed by atoms with Gasteiger partial charge in [0.2, 0.25) is 0 Å². The summed E-state index contributed by atoms with van der Waals surface area (Å²) in [4.78, 5) is 34.3. The van der Waals surface area contributed by atoms with E-state index in [1.807, 2.05) is 6.07 Å². The predicted octanol–water partition coefficient (Wildman–Crippen LogP) is 1.93. The molecule has 2 aromatic rings. The van der Waals surface area contributed by atoms with Crippen LogP contribution in [0.5, 0.6) is 5.75 Å². The third-order valence-corrected chi connectivity index (χ3v) is 3.07. The van der Waals surface area contributed by atoms with Crippen LogP contribution in [-0.2, 0) is 14.3 Å². The lowest BCUT2D eigenvalue weighted by Crippen LogP contribution is -2.31. The first-order chi connectivity index (χ1) is 11.6. The second-order valence-corrected chi connectivity index (χ2v) is 4.89. The first kappa shape index (κ1) is 17.2. The van der Waals surface area contributed by atoms with Crippen molar-refractivity contribution in [1.82, 2.24) is 5.32 Å². The first-order valence-corrected chi connectivity index (χ1v) is 7.29. The quantitative estimate of drug-likeness (QED) is 0.477. The molecule has 24 heavy (non-hydrogen) atoms. The molecule has 0 spiro atoms. The van der Waals surface area contributed by atoms with Gasteiger partial charge in [0.25, 0.3) is 5.91 Å². The van der Waals surface area contributed by atoms with Crippen LogP contribution < -0.4 is 10.1 Å². The van der Waals surface area contributed by atoms with Gasteiger partial charge in [-0.1, -0.05) is 30.3 Å². The Morgan fingerprint density at radius 1 is 0.917 bits per heavy atom. The number of ketones is 1. The monoisotopic (exact) mass is 327 g/mol. The Morgan fingerprint density at radius 3 is 2.17 bits per heavy atom. The second kappa shape index (κ2) is 8.47. The summed E-state index contributed by atoms with van der Waals surface area (Å²) in [5.74, 6) is -0.515. The molecule has 0 aromatic heterocycles. The zero-order chi connectivity index (χ0) is 17.4. The van der Waals surface area contributed by atoms with Gasteiger partial charge in [0.05, 0.1) is 0 Å². The average Bonchev–Trinajstić information content (AvgIpc) is 2.60. The molecule has 6 heteroatoms. The Bertz CT molecular complexity index is 710. The molecule has 0 fully saturated rings. The summed E-state index contributed by atoms with van der Waals surface area (Å²) in [6.45, 7) is 0.843. The molecule has 1 N–H and O–H groups in total. The molecule has 0 unspecified atom stereocenters. The minimum absolute atomic E-state index is 0.0822. The van der Waals surface area contributed by atoms with Crippen molar-refractivity contribution in [3.05, 3.63) is 65.7 Å². The van der Waals surface area contributed by atoms with Crippen molar-refractivity contribution in [1.29, 1.82) is 0 Å². The van der Waals surface area contributed by atoms with Crippen LogP contribution in [0.3, 0.4) is 0 Å². The fraction of sp³-hybridized carbons (Fsp3) is 0.167. The number of benzene rings is 2. The number of carbonyl (C=O) groups is 3. The molecule has 2 rings (SSSR count). The highest BCUT2D eigenvalue weighted by Gasteiger charge is 2.09. The SMILES string of the molecule is CC(=O)OCNC(=O)COc1ccc(C(=O)c2ccccc2)cc1. The summed E-state index contributed by atoms with van der Waals surface area (Å²) >= 11 is 0. The summed E-state index contributed by atoms with van der Waals surface area (Å²) in [5, 5.41) is 2.37. The van der Waals surface area contributed by atoms with Crippen LogP contribution >= 0.6 is 0 Å². The van der Waals surface area contributed by atoms with E-state index < -0.39 is 11.9 Å². The zero-order valence-corrected chi connectivity index (χ0v) is 13.2. The van der Waals surface area contributed by atoms with Gasteiger partial charge in [-0.25, -0.2) is 0 Å². The summed E-state index contributed by atoms with van der Waals surface area (Å²) < 4.78 is 9.89. The highest BCUT2D eigenvalue weighted by Crippen LogP contribution is 2.15. The molecule has 0 saturated carbocycles. The Hall–Kier alpha value is -3.15. The molecule has 0 aliphatic heterocycles. The fourth-order valence-corrected chi connectivity index (χ4v) is 1.88. The standard InChI is InChI=1S/C18H17NO5/c1-13(20)24-12-19-17(21)11-23-16-9-7-15(8-10-16)18(22)14-5-3-2-4-6-14/h2-10H,11-12H2,1H3,(H,19,21).